The van der Waals surface area contributed by atoms with Gasteiger partial charge in [-0.25, -0.2) is 9.97 Å². The first kappa shape index (κ1) is 16.9. The van der Waals surface area contributed by atoms with Crippen LogP contribution in [-0.4, -0.2) is 46.2 Å². The summed E-state index contributed by atoms with van der Waals surface area (Å²) in [6.07, 6.45) is 6.54. The molecular formula is C19H23N5O2. The van der Waals surface area contributed by atoms with Crippen molar-refractivity contribution in [2.75, 3.05) is 18.5 Å². The molecule has 136 valence electrons. The molecule has 2 aliphatic rings. The van der Waals surface area contributed by atoms with Crippen LogP contribution in [0.15, 0.2) is 30.6 Å². The van der Waals surface area contributed by atoms with E-state index in [0.717, 1.165) is 17.9 Å². The van der Waals surface area contributed by atoms with E-state index in [-0.39, 0.29) is 18.0 Å². The van der Waals surface area contributed by atoms with Gasteiger partial charge >= 0.3 is 0 Å². The van der Waals surface area contributed by atoms with Crippen molar-refractivity contribution < 1.29 is 9.53 Å². The third kappa shape index (κ3) is 3.99. The molecule has 3 heterocycles. The SMILES string of the molecule is Cc1nccc(N[C@@H]2COCC[C@@H]2NC(=O)c2ccnc(C3CC3)c2)n1. The lowest BCUT2D eigenvalue weighted by molar-refractivity contribution is 0.0620. The number of hydrogen-bond acceptors (Lipinski definition) is 6. The number of rotatable bonds is 5. The molecule has 2 fully saturated rings. The maximum atomic E-state index is 12.7. The fourth-order valence-corrected chi connectivity index (χ4v) is 3.22. The average molecular weight is 353 g/mol. The molecular weight excluding hydrogens is 330 g/mol. The molecule has 2 atom stereocenters. The zero-order chi connectivity index (χ0) is 17.9. The van der Waals surface area contributed by atoms with Gasteiger partial charge in [0, 0.05) is 36.2 Å². The lowest BCUT2D eigenvalue weighted by Gasteiger charge is -2.33. The molecule has 1 amide bonds. The number of carbonyl (C=O) groups excluding carboxylic acids is 1. The van der Waals surface area contributed by atoms with E-state index in [1.807, 2.05) is 19.1 Å². The Bertz CT molecular complexity index is 793. The third-order valence-electron chi connectivity index (χ3n) is 4.82. The van der Waals surface area contributed by atoms with Crippen molar-refractivity contribution in [3.05, 3.63) is 47.7 Å². The minimum Gasteiger partial charge on any atom is -0.379 e. The molecule has 2 aromatic rings. The maximum absolute atomic E-state index is 12.7. The van der Waals surface area contributed by atoms with Crippen molar-refractivity contribution in [1.29, 1.82) is 0 Å². The van der Waals surface area contributed by atoms with E-state index in [2.05, 4.69) is 25.6 Å². The van der Waals surface area contributed by atoms with Crippen LogP contribution >= 0.6 is 0 Å². The number of hydrogen-bond donors (Lipinski definition) is 2. The monoisotopic (exact) mass is 353 g/mol. The Hall–Kier alpha value is -2.54. The highest BCUT2D eigenvalue weighted by atomic mass is 16.5. The molecule has 1 aliphatic carbocycles. The number of carbonyl (C=O) groups is 1. The minimum absolute atomic E-state index is 0.0240. The number of nitrogens with zero attached hydrogens (tertiary/aromatic N) is 3. The van der Waals surface area contributed by atoms with Crippen LogP contribution < -0.4 is 10.6 Å². The summed E-state index contributed by atoms with van der Waals surface area (Å²) in [5.74, 6) is 1.91. The average Bonchev–Trinajstić information content (AvgIpc) is 3.49. The van der Waals surface area contributed by atoms with Crippen molar-refractivity contribution in [3.8, 4) is 0 Å². The molecule has 1 saturated carbocycles. The highest BCUT2D eigenvalue weighted by molar-refractivity contribution is 5.94. The van der Waals surface area contributed by atoms with Gasteiger partial charge in [-0.3, -0.25) is 9.78 Å². The van der Waals surface area contributed by atoms with Gasteiger partial charge in [0.2, 0.25) is 0 Å². The van der Waals surface area contributed by atoms with Crippen molar-refractivity contribution in [2.24, 2.45) is 0 Å². The van der Waals surface area contributed by atoms with Gasteiger partial charge < -0.3 is 15.4 Å². The van der Waals surface area contributed by atoms with Crippen LogP contribution in [0.1, 0.15) is 47.1 Å². The summed E-state index contributed by atoms with van der Waals surface area (Å²) in [5.41, 5.74) is 1.70. The highest BCUT2D eigenvalue weighted by Crippen LogP contribution is 2.38. The standard InChI is InChI=1S/C19H23N5O2/c1-12-20-8-5-18(22-12)23-17-11-26-9-6-15(17)24-19(25)14-4-7-21-16(10-14)13-2-3-13/h4-5,7-8,10,13,15,17H,2-3,6,9,11H2,1H3,(H,24,25)(H,20,22,23)/t15-,17+/m0/s1. The number of aryl methyl sites for hydroxylation is 1. The van der Waals surface area contributed by atoms with Crippen LogP contribution in [0, 0.1) is 6.92 Å². The molecule has 4 rings (SSSR count). The predicted molar refractivity (Wildman–Crippen MR) is 97.1 cm³/mol. The maximum Gasteiger partial charge on any atom is 0.251 e. The van der Waals surface area contributed by atoms with E-state index >= 15 is 0 Å². The Labute approximate surface area is 152 Å². The largest absolute Gasteiger partial charge is 0.379 e. The van der Waals surface area contributed by atoms with Gasteiger partial charge in [-0.2, -0.15) is 0 Å². The molecule has 0 spiro atoms. The molecule has 2 aromatic heterocycles. The van der Waals surface area contributed by atoms with Crippen LogP contribution in [0.3, 0.4) is 0 Å². The lowest BCUT2D eigenvalue weighted by atomic mass is 10.0. The molecule has 0 radical (unpaired) electrons. The number of anilines is 1. The van der Waals surface area contributed by atoms with Crippen molar-refractivity contribution in [3.63, 3.8) is 0 Å². The van der Waals surface area contributed by atoms with E-state index in [0.29, 0.717) is 30.5 Å². The first-order chi connectivity index (χ1) is 12.7. The normalized spacial score (nSPS) is 22.7. The van der Waals surface area contributed by atoms with Crippen LogP contribution in [0.4, 0.5) is 5.82 Å². The molecule has 7 nitrogen and oxygen atoms in total. The van der Waals surface area contributed by atoms with Crippen LogP contribution in [0.5, 0.6) is 0 Å². The van der Waals surface area contributed by atoms with Gasteiger partial charge in [-0.15, -0.1) is 0 Å². The Morgan fingerprint density at radius 1 is 1.15 bits per heavy atom. The van der Waals surface area contributed by atoms with E-state index < -0.39 is 0 Å². The zero-order valence-corrected chi connectivity index (χ0v) is 14.8. The fraction of sp³-hybridized carbons (Fsp3) is 0.474. The number of amides is 1. The van der Waals surface area contributed by atoms with E-state index in [4.69, 9.17) is 4.74 Å². The zero-order valence-electron chi connectivity index (χ0n) is 14.8. The minimum atomic E-state index is -0.0631. The second-order valence-corrected chi connectivity index (χ2v) is 6.93. The van der Waals surface area contributed by atoms with Crippen LogP contribution in [-0.2, 0) is 4.74 Å². The Morgan fingerprint density at radius 3 is 2.81 bits per heavy atom. The molecule has 7 heteroatoms. The summed E-state index contributed by atoms with van der Waals surface area (Å²) in [7, 11) is 0. The predicted octanol–water partition coefficient (Wildman–Crippen LogP) is 2.06. The smallest absolute Gasteiger partial charge is 0.251 e. The molecule has 1 aliphatic heterocycles. The summed E-state index contributed by atoms with van der Waals surface area (Å²) in [6, 6.07) is 5.46. The topological polar surface area (TPSA) is 89.0 Å². The van der Waals surface area contributed by atoms with Gasteiger partial charge in [0.15, 0.2) is 0 Å². The molecule has 0 bridgehead atoms. The summed E-state index contributed by atoms with van der Waals surface area (Å²) in [4.78, 5) is 25.6. The summed E-state index contributed by atoms with van der Waals surface area (Å²) < 4.78 is 5.59. The molecule has 0 unspecified atom stereocenters. The number of ether oxygens (including phenoxy) is 1. The molecule has 26 heavy (non-hydrogen) atoms. The van der Waals surface area contributed by atoms with Crippen LogP contribution in [0.25, 0.3) is 0 Å². The van der Waals surface area contributed by atoms with Crippen molar-refractivity contribution in [1.82, 2.24) is 20.3 Å². The third-order valence-corrected chi connectivity index (χ3v) is 4.82. The van der Waals surface area contributed by atoms with Gasteiger partial charge in [0.05, 0.1) is 18.7 Å². The first-order valence-corrected chi connectivity index (χ1v) is 9.10. The number of nitrogens with one attached hydrogen (secondary N) is 2. The lowest BCUT2D eigenvalue weighted by Crippen LogP contribution is -2.52. The van der Waals surface area contributed by atoms with Gasteiger partial charge in [0.25, 0.3) is 5.91 Å². The highest BCUT2D eigenvalue weighted by Gasteiger charge is 2.29. The summed E-state index contributed by atoms with van der Waals surface area (Å²) in [5, 5.41) is 6.52. The Morgan fingerprint density at radius 2 is 2.00 bits per heavy atom. The fourth-order valence-electron chi connectivity index (χ4n) is 3.22. The summed E-state index contributed by atoms with van der Waals surface area (Å²) >= 11 is 0. The Kier molecular flexibility index (Phi) is 4.79. The van der Waals surface area contributed by atoms with Crippen LogP contribution in [0.2, 0.25) is 0 Å². The molecule has 2 N–H and O–H groups in total. The van der Waals surface area contributed by atoms with Crippen molar-refractivity contribution in [2.45, 2.75) is 44.2 Å². The Balaban J connectivity index is 1.44. The number of aromatic nitrogens is 3. The van der Waals surface area contributed by atoms with Gasteiger partial charge in [-0.1, -0.05) is 0 Å². The van der Waals surface area contributed by atoms with E-state index in [1.165, 1.54) is 12.8 Å². The second-order valence-electron chi connectivity index (χ2n) is 6.93. The second kappa shape index (κ2) is 7.37. The quantitative estimate of drug-likeness (QED) is 0.855. The first-order valence-electron chi connectivity index (χ1n) is 9.10. The molecule has 0 aromatic carbocycles. The number of pyridine rings is 1. The van der Waals surface area contributed by atoms with Gasteiger partial charge in [-0.05, 0) is 44.4 Å². The van der Waals surface area contributed by atoms with E-state index in [9.17, 15) is 4.79 Å². The van der Waals surface area contributed by atoms with E-state index in [1.54, 1.807) is 18.5 Å². The summed E-state index contributed by atoms with van der Waals surface area (Å²) in [6.45, 7) is 3.01. The van der Waals surface area contributed by atoms with Gasteiger partial charge in [0.1, 0.15) is 11.6 Å². The van der Waals surface area contributed by atoms with Crippen molar-refractivity contribution >= 4 is 11.7 Å². The molecule has 1 saturated heterocycles.